The van der Waals surface area contributed by atoms with Gasteiger partial charge in [0.2, 0.25) is 0 Å². The largest absolute Gasteiger partial charge is 0.454 e. The molecule has 1 N–H and O–H groups in total. The van der Waals surface area contributed by atoms with Crippen LogP contribution in [-0.2, 0) is 0 Å². The highest BCUT2D eigenvalue weighted by Crippen LogP contribution is 2.20. The van der Waals surface area contributed by atoms with E-state index in [0.29, 0.717) is 22.4 Å². The second-order valence-electron chi connectivity index (χ2n) is 4.70. The van der Waals surface area contributed by atoms with Crippen LogP contribution in [0.5, 0.6) is 0 Å². The molecule has 0 aliphatic heterocycles. The van der Waals surface area contributed by atoms with Crippen LogP contribution in [-0.4, -0.2) is 14.6 Å². The molecule has 0 radical (unpaired) electrons. The number of nitrogens with zero attached hydrogens (tertiary/aromatic N) is 3. The lowest BCUT2D eigenvalue weighted by atomic mass is 10.2. The molecule has 102 valence electrons. The summed E-state index contributed by atoms with van der Waals surface area (Å²) in [5, 5.41) is 13.8. The zero-order valence-corrected chi connectivity index (χ0v) is 11.0. The molecule has 3 heterocycles. The Morgan fingerprint density at radius 1 is 1.14 bits per heavy atom. The van der Waals surface area contributed by atoms with Gasteiger partial charge in [0, 0.05) is 23.8 Å². The highest BCUT2D eigenvalue weighted by atomic mass is 16.4. The molecule has 0 amide bonds. The Hall–Kier alpha value is -3.08. The summed E-state index contributed by atoms with van der Waals surface area (Å²) in [4.78, 5) is 4.39. The smallest absolute Gasteiger partial charge is 0.156 e. The molecule has 0 spiro atoms. The zero-order valence-electron chi connectivity index (χ0n) is 11.0. The fraction of sp³-hybridized carbons (Fsp3) is 0. The summed E-state index contributed by atoms with van der Waals surface area (Å²) >= 11 is 0. The van der Waals surface area contributed by atoms with Crippen LogP contribution in [0.25, 0.3) is 27.9 Å². The maximum absolute atomic E-state index is 9.20. The third kappa shape index (κ3) is 1.87. The lowest BCUT2D eigenvalue weighted by molar-refractivity contribution is 0.302. The van der Waals surface area contributed by atoms with Gasteiger partial charge in [0.1, 0.15) is 16.6 Å². The fourth-order valence-corrected chi connectivity index (χ4v) is 2.39. The van der Waals surface area contributed by atoms with Gasteiger partial charge >= 0.3 is 0 Å². The molecule has 0 aliphatic rings. The van der Waals surface area contributed by atoms with Crippen LogP contribution in [0.15, 0.2) is 70.6 Å². The normalized spacial score (nSPS) is 12.3. The van der Waals surface area contributed by atoms with E-state index in [0.717, 1.165) is 10.9 Å². The van der Waals surface area contributed by atoms with Gasteiger partial charge in [0.15, 0.2) is 5.76 Å². The minimum absolute atomic E-state index is 0.459. The van der Waals surface area contributed by atoms with Gasteiger partial charge in [-0.05, 0) is 24.3 Å². The van der Waals surface area contributed by atoms with Gasteiger partial charge < -0.3 is 14.0 Å². The first kappa shape index (κ1) is 11.7. The highest BCUT2D eigenvalue weighted by Gasteiger charge is 2.07. The number of rotatable bonds is 1. The van der Waals surface area contributed by atoms with Crippen molar-refractivity contribution in [1.82, 2.24) is 9.38 Å². The van der Waals surface area contributed by atoms with Crippen molar-refractivity contribution in [3.05, 3.63) is 66.4 Å². The molecule has 0 fully saturated rings. The zero-order chi connectivity index (χ0) is 14.2. The van der Waals surface area contributed by atoms with E-state index in [1.165, 1.54) is 0 Å². The SMILES string of the molecule is O/N=c1\cc(-c2cn3cccc3cn2)oc2ccccc12. The Morgan fingerprint density at radius 3 is 2.95 bits per heavy atom. The molecule has 0 saturated heterocycles. The summed E-state index contributed by atoms with van der Waals surface area (Å²) in [6.45, 7) is 0. The number of hydrogen-bond donors (Lipinski definition) is 1. The van der Waals surface area contributed by atoms with E-state index in [2.05, 4.69) is 10.1 Å². The van der Waals surface area contributed by atoms with Crippen molar-refractivity contribution in [2.24, 2.45) is 5.16 Å². The van der Waals surface area contributed by atoms with E-state index in [1.807, 2.05) is 53.2 Å². The number of benzene rings is 1. The number of para-hydroxylation sites is 1. The molecule has 1 aromatic carbocycles. The van der Waals surface area contributed by atoms with E-state index >= 15 is 0 Å². The molecule has 4 rings (SSSR count). The maximum atomic E-state index is 9.20. The Labute approximate surface area is 119 Å². The molecule has 0 saturated carbocycles. The van der Waals surface area contributed by atoms with Crippen molar-refractivity contribution in [3.63, 3.8) is 0 Å². The van der Waals surface area contributed by atoms with Crippen molar-refractivity contribution in [1.29, 1.82) is 0 Å². The van der Waals surface area contributed by atoms with Crippen molar-refractivity contribution in [2.45, 2.75) is 0 Å². The minimum Gasteiger partial charge on any atom is -0.454 e. The number of hydrogen-bond acceptors (Lipinski definition) is 4. The first-order valence-corrected chi connectivity index (χ1v) is 6.49. The van der Waals surface area contributed by atoms with Gasteiger partial charge in [0.25, 0.3) is 0 Å². The predicted molar refractivity (Wildman–Crippen MR) is 77.7 cm³/mol. The topological polar surface area (TPSA) is 63.0 Å². The van der Waals surface area contributed by atoms with Crippen LogP contribution in [0, 0.1) is 0 Å². The third-order valence-electron chi connectivity index (χ3n) is 3.42. The first-order chi connectivity index (χ1) is 10.3. The molecule has 3 aromatic heterocycles. The number of aromatic nitrogens is 2. The monoisotopic (exact) mass is 277 g/mol. The molecule has 5 heteroatoms. The second-order valence-corrected chi connectivity index (χ2v) is 4.70. The van der Waals surface area contributed by atoms with E-state index in [4.69, 9.17) is 4.42 Å². The van der Waals surface area contributed by atoms with Gasteiger partial charge in [-0.3, -0.25) is 0 Å². The molecule has 0 unspecified atom stereocenters. The summed E-state index contributed by atoms with van der Waals surface area (Å²) in [5.41, 5.74) is 2.33. The molecule has 5 nitrogen and oxygen atoms in total. The number of fused-ring (bicyclic) bond motifs is 2. The van der Waals surface area contributed by atoms with Gasteiger partial charge in [-0.25, -0.2) is 4.98 Å². The first-order valence-electron chi connectivity index (χ1n) is 6.49. The van der Waals surface area contributed by atoms with Crippen LogP contribution in [0.1, 0.15) is 0 Å². The van der Waals surface area contributed by atoms with Gasteiger partial charge in [-0.1, -0.05) is 17.3 Å². The van der Waals surface area contributed by atoms with Gasteiger partial charge in [0.05, 0.1) is 11.7 Å². The quantitative estimate of drug-likeness (QED) is 0.429. The molecule has 0 aliphatic carbocycles. The minimum atomic E-state index is 0.459. The summed E-state index contributed by atoms with van der Waals surface area (Å²) in [7, 11) is 0. The molecule has 4 aromatic rings. The Morgan fingerprint density at radius 2 is 2.05 bits per heavy atom. The molecule has 21 heavy (non-hydrogen) atoms. The van der Waals surface area contributed by atoms with Crippen LogP contribution < -0.4 is 5.36 Å². The van der Waals surface area contributed by atoms with Crippen molar-refractivity contribution >= 4 is 16.5 Å². The molecular weight excluding hydrogens is 266 g/mol. The van der Waals surface area contributed by atoms with E-state index < -0.39 is 0 Å². The maximum Gasteiger partial charge on any atom is 0.156 e. The van der Waals surface area contributed by atoms with Gasteiger partial charge in [-0.15, -0.1) is 0 Å². The van der Waals surface area contributed by atoms with Crippen LogP contribution in [0.4, 0.5) is 0 Å². The van der Waals surface area contributed by atoms with Crippen LogP contribution in [0.2, 0.25) is 0 Å². The highest BCUT2D eigenvalue weighted by molar-refractivity contribution is 5.77. The average Bonchev–Trinajstić information content (AvgIpc) is 3.01. The standard InChI is InChI=1S/C16H11N3O2/c20-18-13-8-16(21-15-6-2-1-5-12(13)15)14-10-19-7-3-4-11(19)9-17-14/h1-10,20H/b18-13+. The third-order valence-corrected chi connectivity index (χ3v) is 3.42. The predicted octanol–water partition coefficient (Wildman–Crippen LogP) is 3.04. The van der Waals surface area contributed by atoms with E-state index in [9.17, 15) is 5.21 Å². The van der Waals surface area contributed by atoms with E-state index in [-0.39, 0.29) is 0 Å². The van der Waals surface area contributed by atoms with Crippen molar-refractivity contribution in [3.8, 4) is 11.5 Å². The average molecular weight is 277 g/mol. The van der Waals surface area contributed by atoms with Crippen molar-refractivity contribution < 1.29 is 9.62 Å². The Bertz CT molecular complexity index is 1010. The molecule has 0 bridgehead atoms. The summed E-state index contributed by atoms with van der Waals surface area (Å²) < 4.78 is 7.83. The van der Waals surface area contributed by atoms with Gasteiger partial charge in [-0.2, -0.15) is 0 Å². The second kappa shape index (κ2) is 4.49. The van der Waals surface area contributed by atoms with Crippen LogP contribution in [0.3, 0.4) is 0 Å². The van der Waals surface area contributed by atoms with E-state index in [1.54, 1.807) is 12.3 Å². The van der Waals surface area contributed by atoms with Crippen LogP contribution >= 0.6 is 0 Å². The molecule has 0 atom stereocenters. The summed E-state index contributed by atoms with van der Waals surface area (Å²) in [6, 6.07) is 13.0. The Balaban J connectivity index is 2.01. The summed E-state index contributed by atoms with van der Waals surface area (Å²) in [6.07, 6.45) is 5.60. The fourth-order valence-electron chi connectivity index (χ4n) is 2.39. The Kier molecular flexibility index (Phi) is 2.50. The van der Waals surface area contributed by atoms with Crippen molar-refractivity contribution in [2.75, 3.05) is 0 Å². The lowest BCUT2D eigenvalue weighted by Gasteiger charge is -2.04. The lowest BCUT2D eigenvalue weighted by Crippen LogP contribution is -2.03. The molecular formula is C16H11N3O2. The summed E-state index contributed by atoms with van der Waals surface area (Å²) in [5.74, 6) is 0.553.